The standard InChI is InChI=1S/C16H13ClN4O2S/c17-13-5-3-11(4-6-13)8-19-14(22)10-24-16-21-20-15(23-16)12-2-1-7-18-9-12/h1-7,9H,8,10H2,(H,19,22). The summed E-state index contributed by atoms with van der Waals surface area (Å²) in [6, 6.07) is 10.9. The Balaban J connectivity index is 1.48. The molecule has 6 nitrogen and oxygen atoms in total. The van der Waals surface area contributed by atoms with Crippen LogP contribution in [-0.4, -0.2) is 26.8 Å². The van der Waals surface area contributed by atoms with Gasteiger partial charge in [0.1, 0.15) is 0 Å². The first-order valence-electron chi connectivity index (χ1n) is 7.08. The minimum absolute atomic E-state index is 0.115. The second-order valence-corrected chi connectivity index (χ2v) is 6.17. The molecule has 122 valence electrons. The number of carbonyl (C=O) groups excluding carboxylic acids is 1. The zero-order chi connectivity index (χ0) is 16.8. The molecule has 0 bridgehead atoms. The fourth-order valence-corrected chi connectivity index (χ4v) is 2.57. The molecule has 0 atom stereocenters. The van der Waals surface area contributed by atoms with Crippen molar-refractivity contribution < 1.29 is 9.21 Å². The first-order valence-corrected chi connectivity index (χ1v) is 8.45. The Hall–Kier alpha value is -2.38. The molecule has 3 rings (SSSR count). The van der Waals surface area contributed by atoms with Crippen LogP contribution in [0.4, 0.5) is 0 Å². The third kappa shape index (κ3) is 4.56. The number of benzene rings is 1. The van der Waals surface area contributed by atoms with E-state index in [-0.39, 0.29) is 11.7 Å². The summed E-state index contributed by atoms with van der Waals surface area (Å²) in [7, 11) is 0. The first-order chi connectivity index (χ1) is 11.7. The Labute approximate surface area is 147 Å². The summed E-state index contributed by atoms with van der Waals surface area (Å²) in [5, 5.41) is 11.7. The second-order valence-electron chi connectivity index (χ2n) is 4.81. The number of nitrogens with zero attached hydrogens (tertiary/aromatic N) is 3. The van der Waals surface area contributed by atoms with Crippen LogP contribution in [0.25, 0.3) is 11.5 Å². The zero-order valence-electron chi connectivity index (χ0n) is 12.5. The molecule has 8 heteroatoms. The maximum absolute atomic E-state index is 11.9. The van der Waals surface area contributed by atoms with Crippen LogP contribution in [0.1, 0.15) is 5.56 Å². The monoisotopic (exact) mass is 360 g/mol. The lowest BCUT2D eigenvalue weighted by molar-refractivity contribution is -0.118. The van der Waals surface area contributed by atoms with E-state index in [1.807, 2.05) is 18.2 Å². The van der Waals surface area contributed by atoms with Crippen molar-refractivity contribution in [1.29, 1.82) is 0 Å². The van der Waals surface area contributed by atoms with E-state index >= 15 is 0 Å². The number of carbonyl (C=O) groups is 1. The topological polar surface area (TPSA) is 80.9 Å². The van der Waals surface area contributed by atoms with Gasteiger partial charge in [-0.1, -0.05) is 35.5 Å². The maximum atomic E-state index is 11.9. The van der Waals surface area contributed by atoms with E-state index in [4.69, 9.17) is 16.0 Å². The summed E-state index contributed by atoms with van der Waals surface area (Å²) in [4.78, 5) is 15.9. The van der Waals surface area contributed by atoms with Crippen LogP contribution in [0.3, 0.4) is 0 Å². The molecule has 2 aromatic heterocycles. The van der Waals surface area contributed by atoms with E-state index in [0.717, 1.165) is 11.1 Å². The smallest absolute Gasteiger partial charge is 0.277 e. The summed E-state index contributed by atoms with van der Waals surface area (Å²) in [6.45, 7) is 0.446. The summed E-state index contributed by atoms with van der Waals surface area (Å²) in [5.41, 5.74) is 1.72. The van der Waals surface area contributed by atoms with Crippen LogP contribution in [0, 0.1) is 0 Å². The van der Waals surface area contributed by atoms with E-state index in [0.29, 0.717) is 22.7 Å². The lowest BCUT2D eigenvalue weighted by atomic mass is 10.2. The number of amides is 1. The van der Waals surface area contributed by atoms with Gasteiger partial charge in [-0.25, -0.2) is 0 Å². The number of halogens is 1. The van der Waals surface area contributed by atoms with Crippen molar-refractivity contribution in [2.45, 2.75) is 11.8 Å². The van der Waals surface area contributed by atoms with Crippen LogP contribution in [-0.2, 0) is 11.3 Å². The van der Waals surface area contributed by atoms with Crippen LogP contribution in [0.15, 0.2) is 58.4 Å². The molecule has 0 unspecified atom stereocenters. The fourth-order valence-electron chi connectivity index (χ4n) is 1.86. The lowest BCUT2D eigenvalue weighted by Gasteiger charge is -2.04. The van der Waals surface area contributed by atoms with Crippen molar-refractivity contribution in [2.75, 3.05) is 5.75 Å². The minimum atomic E-state index is -0.115. The molecular formula is C16H13ClN4O2S. The molecule has 24 heavy (non-hydrogen) atoms. The highest BCUT2D eigenvalue weighted by Gasteiger charge is 2.11. The average Bonchev–Trinajstić information content (AvgIpc) is 3.09. The van der Waals surface area contributed by atoms with E-state index < -0.39 is 0 Å². The lowest BCUT2D eigenvalue weighted by Crippen LogP contribution is -2.24. The molecule has 0 spiro atoms. The van der Waals surface area contributed by atoms with Gasteiger partial charge in [0.05, 0.1) is 11.3 Å². The molecule has 1 amide bonds. The summed E-state index contributed by atoms with van der Waals surface area (Å²) in [6.07, 6.45) is 3.31. The molecule has 0 radical (unpaired) electrons. The predicted octanol–water partition coefficient (Wildman–Crippen LogP) is 3.19. The zero-order valence-corrected chi connectivity index (χ0v) is 14.0. The number of hydrogen-bond acceptors (Lipinski definition) is 6. The van der Waals surface area contributed by atoms with E-state index in [1.54, 1.807) is 30.6 Å². The van der Waals surface area contributed by atoms with Gasteiger partial charge in [-0.05, 0) is 29.8 Å². The van der Waals surface area contributed by atoms with Gasteiger partial charge in [0.15, 0.2) is 0 Å². The number of nitrogens with one attached hydrogen (secondary N) is 1. The van der Waals surface area contributed by atoms with Crippen molar-refractivity contribution in [1.82, 2.24) is 20.5 Å². The van der Waals surface area contributed by atoms with Crippen LogP contribution in [0.2, 0.25) is 5.02 Å². The predicted molar refractivity (Wildman–Crippen MR) is 91.6 cm³/mol. The normalized spacial score (nSPS) is 10.5. The van der Waals surface area contributed by atoms with Crippen molar-refractivity contribution in [3.8, 4) is 11.5 Å². The molecular weight excluding hydrogens is 348 g/mol. The Morgan fingerprint density at radius 3 is 2.79 bits per heavy atom. The quantitative estimate of drug-likeness (QED) is 0.680. The van der Waals surface area contributed by atoms with Crippen molar-refractivity contribution in [3.05, 3.63) is 59.4 Å². The molecule has 0 saturated heterocycles. The molecule has 0 aliphatic heterocycles. The number of hydrogen-bond donors (Lipinski definition) is 1. The number of pyridine rings is 1. The molecule has 0 saturated carbocycles. The molecule has 1 N–H and O–H groups in total. The van der Waals surface area contributed by atoms with Gasteiger partial charge < -0.3 is 9.73 Å². The number of thioether (sulfide) groups is 1. The first kappa shape index (κ1) is 16.5. The Morgan fingerprint density at radius 1 is 1.21 bits per heavy atom. The van der Waals surface area contributed by atoms with Crippen molar-refractivity contribution >= 4 is 29.3 Å². The molecule has 0 aliphatic carbocycles. The second kappa shape index (κ2) is 7.94. The minimum Gasteiger partial charge on any atom is -0.411 e. The van der Waals surface area contributed by atoms with Gasteiger partial charge in [-0.2, -0.15) is 0 Å². The van der Waals surface area contributed by atoms with Crippen molar-refractivity contribution in [3.63, 3.8) is 0 Å². The van der Waals surface area contributed by atoms with Crippen LogP contribution in [0.5, 0.6) is 0 Å². The van der Waals surface area contributed by atoms with Crippen LogP contribution >= 0.6 is 23.4 Å². The average molecular weight is 361 g/mol. The van der Waals surface area contributed by atoms with E-state index in [1.165, 1.54) is 11.8 Å². The van der Waals surface area contributed by atoms with Gasteiger partial charge in [-0.3, -0.25) is 9.78 Å². The Morgan fingerprint density at radius 2 is 2.04 bits per heavy atom. The molecule has 0 aliphatic rings. The summed E-state index contributed by atoms with van der Waals surface area (Å²) >= 11 is 7.01. The Bertz CT molecular complexity index is 808. The fraction of sp³-hybridized carbons (Fsp3) is 0.125. The molecule has 1 aromatic carbocycles. The number of rotatable bonds is 6. The largest absolute Gasteiger partial charge is 0.411 e. The molecule has 0 fully saturated rings. The highest BCUT2D eigenvalue weighted by atomic mass is 35.5. The summed E-state index contributed by atoms with van der Waals surface area (Å²) in [5.74, 6) is 0.464. The van der Waals surface area contributed by atoms with Gasteiger partial charge in [0.2, 0.25) is 11.8 Å². The van der Waals surface area contributed by atoms with E-state index in [9.17, 15) is 4.79 Å². The highest BCUT2D eigenvalue weighted by Crippen LogP contribution is 2.22. The van der Waals surface area contributed by atoms with Gasteiger partial charge in [0, 0.05) is 24.0 Å². The third-order valence-electron chi connectivity index (χ3n) is 3.04. The van der Waals surface area contributed by atoms with Crippen molar-refractivity contribution in [2.24, 2.45) is 0 Å². The highest BCUT2D eigenvalue weighted by molar-refractivity contribution is 7.99. The third-order valence-corrected chi connectivity index (χ3v) is 4.12. The SMILES string of the molecule is O=C(CSc1nnc(-c2cccnc2)o1)NCc1ccc(Cl)cc1. The van der Waals surface area contributed by atoms with Gasteiger partial charge in [-0.15, -0.1) is 10.2 Å². The maximum Gasteiger partial charge on any atom is 0.277 e. The van der Waals surface area contributed by atoms with Crippen LogP contribution < -0.4 is 5.32 Å². The molecule has 3 aromatic rings. The van der Waals surface area contributed by atoms with Gasteiger partial charge in [0.25, 0.3) is 5.22 Å². The molecule has 2 heterocycles. The number of aromatic nitrogens is 3. The summed E-state index contributed by atoms with van der Waals surface area (Å²) < 4.78 is 5.50. The van der Waals surface area contributed by atoms with Gasteiger partial charge >= 0.3 is 0 Å². The van der Waals surface area contributed by atoms with E-state index in [2.05, 4.69) is 20.5 Å². The Kier molecular flexibility index (Phi) is 5.45.